The molecule has 0 spiro atoms. The van der Waals surface area contributed by atoms with Gasteiger partial charge in [0, 0.05) is 30.0 Å². The zero-order valence-corrected chi connectivity index (χ0v) is 9.86. The number of hydrogen-bond acceptors (Lipinski definition) is 1. The molecule has 0 amide bonds. The molecule has 0 saturated heterocycles. The maximum atomic E-state index is 4.22. The summed E-state index contributed by atoms with van der Waals surface area (Å²) in [6.45, 7) is 8.88. The van der Waals surface area contributed by atoms with Crippen LogP contribution in [0.25, 0.3) is 10.9 Å². The SMILES string of the molecule is CC(C)c1cn(C(C)C)c2ccncc12. The summed E-state index contributed by atoms with van der Waals surface area (Å²) in [5.41, 5.74) is 2.69. The molecule has 0 fully saturated rings. The molecule has 0 saturated carbocycles. The van der Waals surface area contributed by atoms with Crippen molar-refractivity contribution in [1.29, 1.82) is 0 Å². The van der Waals surface area contributed by atoms with Gasteiger partial charge in [-0.2, -0.15) is 0 Å². The van der Waals surface area contributed by atoms with E-state index in [1.54, 1.807) is 0 Å². The summed E-state index contributed by atoms with van der Waals surface area (Å²) in [5, 5.41) is 1.29. The van der Waals surface area contributed by atoms with Crippen LogP contribution in [0, 0.1) is 0 Å². The van der Waals surface area contributed by atoms with Gasteiger partial charge in [-0.1, -0.05) is 13.8 Å². The van der Waals surface area contributed by atoms with Gasteiger partial charge in [0.2, 0.25) is 0 Å². The highest BCUT2D eigenvalue weighted by Crippen LogP contribution is 2.28. The Kier molecular flexibility index (Phi) is 2.51. The highest BCUT2D eigenvalue weighted by atomic mass is 15.0. The Hall–Kier alpha value is -1.31. The molecule has 0 aromatic carbocycles. The minimum absolute atomic E-state index is 0.502. The zero-order valence-electron chi connectivity index (χ0n) is 9.86. The molecule has 0 aliphatic carbocycles. The van der Waals surface area contributed by atoms with E-state index in [9.17, 15) is 0 Å². The molecule has 0 N–H and O–H groups in total. The van der Waals surface area contributed by atoms with Crippen molar-refractivity contribution in [3.63, 3.8) is 0 Å². The Labute approximate surface area is 90.9 Å². The van der Waals surface area contributed by atoms with E-state index >= 15 is 0 Å². The van der Waals surface area contributed by atoms with E-state index in [4.69, 9.17) is 0 Å². The van der Waals surface area contributed by atoms with Gasteiger partial charge in [0.05, 0.1) is 5.52 Å². The first kappa shape index (κ1) is 10.2. The molecule has 2 aromatic rings. The second kappa shape index (κ2) is 3.69. The Morgan fingerprint density at radius 1 is 1.20 bits per heavy atom. The van der Waals surface area contributed by atoms with Gasteiger partial charge in [-0.3, -0.25) is 4.98 Å². The van der Waals surface area contributed by atoms with E-state index in [2.05, 4.69) is 49.5 Å². The fraction of sp³-hybridized carbons (Fsp3) is 0.462. The summed E-state index contributed by atoms with van der Waals surface area (Å²) >= 11 is 0. The number of rotatable bonds is 2. The average molecular weight is 202 g/mol. The predicted molar refractivity (Wildman–Crippen MR) is 64.2 cm³/mol. The molecule has 0 aliphatic rings. The average Bonchev–Trinajstić information content (AvgIpc) is 2.56. The third-order valence-corrected chi connectivity index (χ3v) is 2.84. The molecular formula is C13H18N2. The summed E-state index contributed by atoms with van der Waals surface area (Å²) in [5.74, 6) is 0.552. The number of aromatic nitrogens is 2. The largest absolute Gasteiger partial charge is 0.345 e. The molecule has 80 valence electrons. The topological polar surface area (TPSA) is 17.8 Å². The fourth-order valence-electron chi connectivity index (χ4n) is 2.01. The molecule has 0 aliphatic heterocycles. The monoisotopic (exact) mass is 202 g/mol. The molecule has 2 aromatic heterocycles. The van der Waals surface area contributed by atoms with Crippen molar-refractivity contribution in [1.82, 2.24) is 9.55 Å². The van der Waals surface area contributed by atoms with Crippen molar-refractivity contribution in [2.75, 3.05) is 0 Å². The summed E-state index contributed by atoms with van der Waals surface area (Å²) in [6.07, 6.45) is 6.11. The molecule has 2 heterocycles. The maximum absolute atomic E-state index is 4.22. The zero-order chi connectivity index (χ0) is 11.0. The Morgan fingerprint density at radius 3 is 2.53 bits per heavy atom. The van der Waals surface area contributed by atoms with Crippen LogP contribution in [-0.4, -0.2) is 9.55 Å². The third-order valence-electron chi connectivity index (χ3n) is 2.84. The van der Waals surface area contributed by atoms with Crippen molar-refractivity contribution in [3.05, 3.63) is 30.2 Å². The van der Waals surface area contributed by atoms with E-state index in [1.165, 1.54) is 16.5 Å². The van der Waals surface area contributed by atoms with Crippen LogP contribution in [0.4, 0.5) is 0 Å². The van der Waals surface area contributed by atoms with Crippen molar-refractivity contribution in [2.24, 2.45) is 0 Å². The van der Waals surface area contributed by atoms with Gasteiger partial charge in [-0.15, -0.1) is 0 Å². The second-order valence-electron chi connectivity index (χ2n) is 4.63. The lowest BCUT2D eigenvalue weighted by Crippen LogP contribution is -1.97. The lowest BCUT2D eigenvalue weighted by Gasteiger charge is -2.08. The van der Waals surface area contributed by atoms with Crippen molar-refractivity contribution >= 4 is 10.9 Å². The molecule has 2 nitrogen and oxygen atoms in total. The van der Waals surface area contributed by atoms with Crippen LogP contribution in [0.5, 0.6) is 0 Å². The van der Waals surface area contributed by atoms with Crippen LogP contribution >= 0.6 is 0 Å². The lowest BCUT2D eigenvalue weighted by atomic mass is 10.0. The van der Waals surface area contributed by atoms with Crippen molar-refractivity contribution in [3.8, 4) is 0 Å². The van der Waals surface area contributed by atoms with E-state index in [0.717, 1.165) is 0 Å². The van der Waals surface area contributed by atoms with Gasteiger partial charge in [0.15, 0.2) is 0 Å². The van der Waals surface area contributed by atoms with Gasteiger partial charge >= 0.3 is 0 Å². The number of fused-ring (bicyclic) bond motifs is 1. The number of hydrogen-bond donors (Lipinski definition) is 0. The summed E-state index contributed by atoms with van der Waals surface area (Å²) < 4.78 is 2.33. The van der Waals surface area contributed by atoms with Crippen molar-refractivity contribution < 1.29 is 0 Å². The fourth-order valence-corrected chi connectivity index (χ4v) is 2.01. The molecule has 2 heteroatoms. The van der Waals surface area contributed by atoms with E-state index in [-0.39, 0.29) is 0 Å². The van der Waals surface area contributed by atoms with Gasteiger partial charge in [-0.25, -0.2) is 0 Å². The lowest BCUT2D eigenvalue weighted by molar-refractivity contribution is 0.619. The molecular weight excluding hydrogens is 184 g/mol. The van der Waals surface area contributed by atoms with Crippen LogP contribution in [-0.2, 0) is 0 Å². The van der Waals surface area contributed by atoms with Gasteiger partial charge in [0.1, 0.15) is 0 Å². The van der Waals surface area contributed by atoms with Gasteiger partial charge in [-0.05, 0) is 31.4 Å². The molecule has 0 radical (unpaired) electrons. The maximum Gasteiger partial charge on any atom is 0.0516 e. The van der Waals surface area contributed by atoms with Crippen LogP contribution < -0.4 is 0 Å². The quantitative estimate of drug-likeness (QED) is 0.725. The van der Waals surface area contributed by atoms with E-state index in [1.807, 2.05) is 12.4 Å². The van der Waals surface area contributed by atoms with Gasteiger partial charge in [0.25, 0.3) is 0 Å². The minimum Gasteiger partial charge on any atom is -0.345 e. The van der Waals surface area contributed by atoms with Crippen LogP contribution in [0.1, 0.15) is 45.2 Å². The molecule has 0 unspecified atom stereocenters. The van der Waals surface area contributed by atoms with E-state index < -0.39 is 0 Å². The smallest absolute Gasteiger partial charge is 0.0516 e. The molecule has 0 atom stereocenters. The third kappa shape index (κ3) is 1.65. The first-order valence-electron chi connectivity index (χ1n) is 5.55. The highest BCUT2D eigenvalue weighted by molar-refractivity contribution is 5.83. The van der Waals surface area contributed by atoms with Crippen molar-refractivity contribution in [2.45, 2.75) is 39.7 Å². The normalized spacial score (nSPS) is 11.9. The molecule has 2 rings (SSSR count). The first-order chi connectivity index (χ1) is 7.11. The second-order valence-corrected chi connectivity index (χ2v) is 4.63. The minimum atomic E-state index is 0.502. The number of pyridine rings is 1. The van der Waals surface area contributed by atoms with Crippen LogP contribution in [0.3, 0.4) is 0 Å². The standard InChI is InChI=1S/C13H18N2/c1-9(2)12-8-15(10(3)4)13-5-6-14-7-11(12)13/h5-10H,1-4H3. The summed E-state index contributed by atoms with van der Waals surface area (Å²) in [6, 6.07) is 2.60. The Balaban J connectivity index is 2.73. The number of nitrogens with zero attached hydrogens (tertiary/aromatic N) is 2. The Morgan fingerprint density at radius 2 is 1.93 bits per heavy atom. The molecule has 0 bridgehead atoms. The van der Waals surface area contributed by atoms with Crippen LogP contribution in [0.2, 0.25) is 0 Å². The summed E-state index contributed by atoms with van der Waals surface area (Å²) in [7, 11) is 0. The first-order valence-corrected chi connectivity index (χ1v) is 5.55. The van der Waals surface area contributed by atoms with Crippen LogP contribution in [0.15, 0.2) is 24.7 Å². The molecule has 15 heavy (non-hydrogen) atoms. The predicted octanol–water partition coefficient (Wildman–Crippen LogP) is 3.74. The highest BCUT2D eigenvalue weighted by Gasteiger charge is 2.12. The Bertz CT molecular complexity index is 424. The van der Waals surface area contributed by atoms with E-state index in [0.29, 0.717) is 12.0 Å². The van der Waals surface area contributed by atoms with Gasteiger partial charge < -0.3 is 4.57 Å². The summed E-state index contributed by atoms with van der Waals surface area (Å²) in [4.78, 5) is 4.22.